The summed E-state index contributed by atoms with van der Waals surface area (Å²) >= 11 is 0. The summed E-state index contributed by atoms with van der Waals surface area (Å²) in [6.07, 6.45) is 0. The highest BCUT2D eigenvalue weighted by Crippen LogP contribution is 2.57. The van der Waals surface area contributed by atoms with Crippen molar-refractivity contribution in [2.45, 2.75) is 0 Å². The number of hydrogen-bond acceptors (Lipinski definition) is 4. The van der Waals surface area contributed by atoms with Gasteiger partial charge in [-0.1, -0.05) is 413 Å². The van der Waals surface area contributed by atoms with Gasteiger partial charge in [-0.3, -0.25) is 0 Å². The molecule has 0 saturated heterocycles. The Balaban J connectivity index is 0.000000132. The minimum atomic E-state index is -1.91. The van der Waals surface area contributed by atoms with Gasteiger partial charge in [-0.15, -0.1) is 23.0 Å². The smallest absolute Gasteiger partial charge is 0.144 e. The lowest BCUT2D eigenvalue weighted by atomic mass is 10.3. The highest BCUT2D eigenvalue weighted by molar-refractivity contribution is 8.03. The summed E-state index contributed by atoms with van der Waals surface area (Å²) in [4.78, 5) is 0. The van der Waals surface area contributed by atoms with Crippen LogP contribution in [0, 0.1) is 0 Å². The fourth-order valence-electron chi connectivity index (χ4n) is 15.7. The molecule has 0 unspecified atom stereocenters. The molecule has 0 aliphatic carbocycles. The first-order valence-electron chi connectivity index (χ1n) is 42.6. The van der Waals surface area contributed by atoms with Crippen LogP contribution in [0.1, 0.15) is 0 Å². The van der Waals surface area contributed by atoms with Gasteiger partial charge in [0.25, 0.3) is 0 Å². The van der Waals surface area contributed by atoms with Crippen molar-refractivity contribution >= 4 is 114 Å². The Morgan fingerprint density at radius 3 is 0.180 bits per heavy atom. The van der Waals surface area contributed by atoms with Crippen molar-refractivity contribution in [1.29, 1.82) is 0 Å². The van der Waals surface area contributed by atoms with Crippen molar-refractivity contribution in [2.24, 2.45) is 0 Å². The average Bonchev–Trinajstić information content (AvgIpc) is 0.755. The van der Waals surface area contributed by atoms with Crippen molar-refractivity contribution in [3.05, 3.63) is 607 Å². The van der Waals surface area contributed by atoms with Crippen LogP contribution in [0.25, 0.3) is 0 Å². The summed E-state index contributed by atoms with van der Waals surface area (Å²) in [5.74, 6) is 0.287. The van der Waals surface area contributed by atoms with Crippen LogP contribution in [0.3, 0.4) is 0 Å². The van der Waals surface area contributed by atoms with Crippen LogP contribution in [-0.4, -0.2) is 0 Å². The third-order valence-electron chi connectivity index (χ3n) is 21.3. The second-order valence-corrected chi connectivity index (χ2v) is 42.9. The van der Waals surface area contributed by atoms with Crippen molar-refractivity contribution in [3.63, 3.8) is 0 Å². The van der Waals surface area contributed by atoms with Gasteiger partial charge in [0.1, 0.15) is 114 Å². The van der Waals surface area contributed by atoms with Gasteiger partial charge in [0.15, 0.2) is 0 Å². The van der Waals surface area contributed by atoms with Crippen molar-refractivity contribution in [1.82, 2.24) is 0 Å². The first-order valence-corrected chi connectivity index (χ1v) is 49.8. The largest absolute Gasteiger partial charge is 0.872 e. The lowest BCUT2D eigenvalue weighted by Crippen LogP contribution is -2.38. The van der Waals surface area contributed by atoms with Crippen LogP contribution in [0.5, 0.6) is 23.0 Å². The highest BCUT2D eigenvalue weighted by Gasteiger charge is 2.51. The Labute approximate surface area is 758 Å². The minimum Gasteiger partial charge on any atom is -0.872 e. The van der Waals surface area contributed by atoms with Gasteiger partial charge in [0, 0.05) is 0 Å². The Kier molecular flexibility index (Phi) is 34.5. The summed E-state index contributed by atoms with van der Waals surface area (Å²) in [6, 6.07) is 209. The first kappa shape index (κ1) is 91.0. The molecule has 0 radical (unpaired) electrons. The Hall–Kier alpha value is -14.7. The lowest BCUT2D eigenvalue weighted by Gasteiger charge is -2.27. The molecule has 0 saturated carbocycles. The van der Waals surface area contributed by atoms with Crippen LogP contribution in [0.15, 0.2) is 607 Å². The number of rotatable bonds is 16. The molecule has 128 heavy (non-hydrogen) atoms. The summed E-state index contributed by atoms with van der Waals surface area (Å²) in [5.41, 5.74) is 0. The molecule has 20 aromatic carbocycles. The summed E-state index contributed by atoms with van der Waals surface area (Å²) in [5, 5.41) is 63.3. The van der Waals surface area contributed by atoms with Crippen molar-refractivity contribution < 1.29 is 20.4 Å². The van der Waals surface area contributed by atoms with E-state index in [0.29, 0.717) is 0 Å². The number of para-hydroxylation sites is 4. The maximum Gasteiger partial charge on any atom is 0.144 e. The fourth-order valence-corrected chi connectivity index (χ4v) is 32.8. The zero-order chi connectivity index (χ0) is 88.3. The maximum absolute atomic E-state index is 10.3. The highest BCUT2D eigenvalue weighted by atomic mass is 31.2. The van der Waals surface area contributed by atoms with Gasteiger partial charge < -0.3 is 20.4 Å². The molecule has 8 heteroatoms. The van der Waals surface area contributed by atoms with Crippen LogP contribution < -0.4 is 105 Å². The molecular weight excluding hydrogens is 1630 g/mol. The van der Waals surface area contributed by atoms with Crippen molar-refractivity contribution in [3.8, 4) is 23.0 Å². The fraction of sp³-hybridized carbons (Fsp3) is 0. The van der Waals surface area contributed by atoms with E-state index in [0.717, 1.165) is 0 Å². The maximum atomic E-state index is 10.3. The molecule has 20 rings (SSSR count). The van der Waals surface area contributed by atoms with E-state index in [1.807, 2.05) is 24.3 Å². The average molecular weight is 1730 g/mol. The van der Waals surface area contributed by atoms with Crippen LogP contribution in [0.4, 0.5) is 0 Å². The van der Waals surface area contributed by atoms with Crippen LogP contribution in [0.2, 0.25) is 0 Å². The molecule has 0 atom stereocenters. The molecule has 0 aliphatic heterocycles. The molecule has 0 amide bonds. The van der Waals surface area contributed by atoms with E-state index in [1.54, 1.807) is 48.5 Å². The number of benzene rings is 20. The molecule has 20 aromatic rings. The van der Waals surface area contributed by atoms with E-state index in [4.69, 9.17) is 0 Å². The lowest BCUT2D eigenvalue weighted by molar-refractivity contribution is -0.269. The Morgan fingerprint density at radius 2 is 0.133 bits per heavy atom. The normalized spacial score (nSPS) is 10.6. The molecular formula is C120H100O4P4. The molecule has 0 N–H and O–H groups in total. The molecule has 0 aromatic heterocycles. The van der Waals surface area contributed by atoms with Gasteiger partial charge in [-0.05, 0) is 194 Å². The topological polar surface area (TPSA) is 92.2 Å². The van der Waals surface area contributed by atoms with Crippen LogP contribution >= 0.6 is 29.0 Å². The van der Waals surface area contributed by atoms with Gasteiger partial charge in [0.05, 0.1) is 0 Å². The molecule has 0 fully saturated rings. The molecule has 0 bridgehead atoms. The molecule has 0 spiro atoms. The minimum absolute atomic E-state index is 0.0718. The first-order chi connectivity index (χ1) is 63.3. The zero-order valence-electron chi connectivity index (χ0n) is 71.2. The van der Waals surface area contributed by atoms with E-state index in [9.17, 15) is 20.4 Å². The second-order valence-electron chi connectivity index (χ2n) is 29.3. The van der Waals surface area contributed by atoms with Gasteiger partial charge in [-0.25, -0.2) is 0 Å². The van der Waals surface area contributed by atoms with E-state index >= 15 is 0 Å². The summed E-state index contributed by atoms with van der Waals surface area (Å²) < 4.78 is 0. The predicted molar refractivity (Wildman–Crippen MR) is 548 cm³/mol. The summed E-state index contributed by atoms with van der Waals surface area (Å²) in [7, 11) is -7.62. The monoisotopic (exact) mass is 1730 g/mol. The Bertz CT molecular complexity index is 4910. The summed E-state index contributed by atoms with van der Waals surface area (Å²) in [6.45, 7) is 0. The zero-order valence-corrected chi connectivity index (χ0v) is 74.7. The van der Waals surface area contributed by atoms with Crippen LogP contribution in [-0.2, 0) is 0 Å². The second kappa shape index (κ2) is 48.5. The Morgan fingerprint density at radius 1 is 0.0781 bits per heavy atom. The van der Waals surface area contributed by atoms with Crippen molar-refractivity contribution in [2.75, 3.05) is 0 Å². The molecule has 4 nitrogen and oxygen atoms in total. The molecule has 624 valence electrons. The SMILES string of the molecule is [O-]c1ccccc1.[O-]c1ccccc1.[O-]c1ccccc1.[O-]c1ccccc1.c1ccc([P+](c2ccccc2)(c2ccccc2)c2ccccc2)cc1.c1ccc([P+](c2ccccc2)(c2ccccc2)c2ccccc2)cc1.c1ccc([P+](c2ccccc2)(c2ccccc2)c2ccccc2)cc1.c1ccc([P+](c2ccccc2)(c2ccccc2)c2ccccc2)cc1. The number of hydrogen-bond donors (Lipinski definition) is 0. The van der Waals surface area contributed by atoms with E-state index in [2.05, 4.69) is 485 Å². The third-order valence-corrected chi connectivity index (χ3v) is 38.4. The van der Waals surface area contributed by atoms with E-state index in [-0.39, 0.29) is 23.0 Å². The molecule has 0 heterocycles. The van der Waals surface area contributed by atoms with Gasteiger partial charge >= 0.3 is 0 Å². The standard InChI is InChI=1S/4C24H20P.4C6H6O/c4*1-5-13-21(14-6-1)25(22-15-7-2-8-16-22,23-17-9-3-10-18-23)24-19-11-4-12-20-24;4*7-6-4-2-1-3-5-6/h4*1-20H;4*1-5,7H/q4*+1;;;;/p-4. The third kappa shape index (κ3) is 23.3. The predicted octanol–water partition coefficient (Wildman–Crippen LogP) is 20.3. The van der Waals surface area contributed by atoms with E-state index in [1.165, 1.54) is 133 Å². The van der Waals surface area contributed by atoms with E-state index < -0.39 is 29.0 Å². The molecule has 0 aliphatic rings. The quantitative estimate of drug-likeness (QED) is 0.0901. The van der Waals surface area contributed by atoms with Gasteiger partial charge in [0.2, 0.25) is 0 Å². The van der Waals surface area contributed by atoms with Gasteiger partial charge in [-0.2, -0.15) is 0 Å².